The molecule has 0 spiro atoms. The molecule has 3 rings (SSSR count). The summed E-state index contributed by atoms with van der Waals surface area (Å²) in [6.45, 7) is 12.6. The van der Waals surface area contributed by atoms with Gasteiger partial charge in [0, 0.05) is 23.7 Å². The average molecular weight is 462 g/mol. The van der Waals surface area contributed by atoms with E-state index < -0.39 is 0 Å². The first kappa shape index (κ1) is 25.0. The van der Waals surface area contributed by atoms with Crippen molar-refractivity contribution in [3.05, 3.63) is 71.4 Å². The van der Waals surface area contributed by atoms with Gasteiger partial charge in [0.25, 0.3) is 0 Å². The largest absolute Gasteiger partial charge is 0.322 e. The molecule has 0 radical (unpaired) electrons. The molecule has 0 aliphatic heterocycles. The maximum absolute atomic E-state index is 13.1. The Morgan fingerprint density at radius 2 is 1.74 bits per heavy atom. The lowest BCUT2D eigenvalue weighted by Crippen LogP contribution is -2.41. The highest BCUT2D eigenvalue weighted by Crippen LogP contribution is 2.26. The van der Waals surface area contributed by atoms with Crippen LogP contribution in [0.4, 0.5) is 16.3 Å². The lowest BCUT2D eigenvalue weighted by molar-refractivity contribution is -0.116. The minimum absolute atomic E-state index is 0.0601. The first-order valence-corrected chi connectivity index (χ1v) is 11.7. The maximum Gasteiger partial charge on any atom is 0.322 e. The summed E-state index contributed by atoms with van der Waals surface area (Å²) in [5, 5.41) is 10.7. The highest BCUT2D eigenvalue weighted by atomic mass is 16.2. The number of rotatable bonds is 7. The second-order valence-corrected chi connectivity index (χ2v) is 9.63. The lowest BCUT2D eigenvalue weighted by atomic mass is 9.92. The van der Waals surface area contributed by atoms with E-state index >= 15 is 0 Å². The minimum Gasteiger partial charge on any atom is -0.315 e. The third-order valence-corrected chi connectivity index (χ3v) is 5.49. The number of urea groups is 1. The van der Waals surface area contributed by atoms with Crippen LogP contribution in [0.3, 0.4) is 0 Å². The number of benzene rings is 2. The average Bonchev–Trinajstić information content (AvgIpc) is 3.19. The van der Waals surface area contributed by atoms with Crippen molar-refractivity contribution in [3.8, 4) is 5.69 Å². The van der Waals surface area contributed by atoms with Crippen molar-refractivity contribution in [3.63, 3.8) is 0 Å². The first-order valence-electron chi connectivity index (χ1n) is 11.7. The van der Waals surface area contributed by atoms with Gasteiger partial charge in [-0.3, -0.25) is 4.79 Å². The first-order chi connectivity index (χ1) is 16.1. The summed E-state index contributed by atoms with van der Waals surface area (Å²) in [7, 11) is 0. The summed E-state index contributed by atoms with van der Waals surface area (Å²) in [6.07, 6.45) is 0.740. The van der Waals surface area contributed by atoms with Crippen molar-refractivity contribution in [1.82, 2.24) is 14.7 Å². The van der Waals surface area contributed by atoms with Gasteiger partial charge in [0.1, 0.15) is 12.4 Å². The third-order valence-electron chi connectivity index (χ3n) is 5.49. The van der Waals surface area contributed by atoms with Gasteiger partial charge in [-0.1, -0.05) is 58.0 Å². The molecule has 2 aromatic carbocycles. The molecule has 0 fully saturated rings. The molecular formula is C27H35N5O2. The molecule has 0 unspecified atom stereocenters. The third kappa shape index (κ3) is 6.25. The van der Waals surface area contributed by atoms with Gasteiger partial charge in [-0.25, -0.2) is 9.48 Å². The molecule has 7 heteroatoms. The zero-order valence-corrected chi connectivity index (χ0v) is 21.0. The molecule has 3 aromatic rings. The molecule has 1 aromatic heterocycles. The Morgan fingerprint density at radius 1 is 1.00 bits per heavy atom. The summed E-state index contributed by atoms with van der Waals surface area (Å²) >= 11 is 0. The summed E-state index contributed by atoms with van der Waals surface area (Å²) in [5.41, 5.74) is 4.36. The number of hydrogen-bond donors (Lipinski definition) is 2. The molecule has 0 bridgehead atoms. The molecule has 1 heterocycles. The molecule has 0 atom stereocenters. The Balaban J connectivity index is 1.81. The van der Waals surface area contributed by atoms with Crippen LogP contribution in [0.2, 0.25) is 0 Å². The van der Waals surface area contributed by atoms with Gasteiger partial charge in [0.2, 0.25) is 5.91 Å². The molecule has 0 saturated carbocycles. The van der Waals surface area contributed by atoms with Crippen LogP contribution in [0.1, 0.15) is 50.9 Å². The van der Waals surface area contributed by atoms with E-state index in [0.29, 0.717) is 12.4 Å². The van der Waals surface area contributed by atoms with E-state index in [1.54, 1.807) is 4.68 Å². The number of nitrogens with one attached hydrogen (secondary N) is 2. The monoisotopic (exact) mass is 461 g/mol. The van der Waals surface area contributed by atoms with Gasteiger partial charge in [0.05, 0.1) is 11.4 Å². The van der Waals surface area contributed by atoms with Crippen molar-refractivity contribution >= 4 is 23.4 Å². The highest BCUT2D eigenvalue weighted by Gasteiger charge is 2.23. The molecule has 0 aliphatic carbocycles. The lowest BCUT2D eigenvalue weighted by Gasteiger charge is -2.22. The van der Waals surface area contributed by atoms with Crippen molar-refractivity contribution in [2.24, 2.45) is 0 Å². The predicted octanol–water partition coefficient (Wildman–Crippen LogP) is 5.67. The van der Waals surface area contributed by atoms with Crippen LogP contribution in [0.15, 0.2) is 54.6 Å². The van der Waals surface area contributed by atoms with Crippen LogP contribution in [0.25, 0.3) is 5.69 Å². The van der Waals surface area contributed by atoms with Crippen LogP contribution in [0, 0.1) is 13.8 Å². The van der Waals surface area contributed by atoms with Crippen molar-refractivity contribution < 1.29 is 9.59 Å². The van der Waals surface area contributed by atoms with E-state index in [9.17, 15) is 9.59 Å². The molecule has 7 nitrogen and oxygen atoms in total. The van der Waals surface area contributed by atoms with Crippen LogP contribution in [0.5, 0.6) is 0 Å². The van der Waals surface area contributed by atoms with Gasteiger partial charge in [0.15, 0.2) is 0 Å². The number of carbonyl (C=O) groups excluding carboxylic acids is 2. The van der Waals surface area contributed by atoms with Crippen molar-refractivity contribution in [2.45, 2.75) is 53.4 Å². The van der Waals surface area contributed by atoms with Gasteiger partial charge >= 0.3 is 6.03 Å². The Morgan fingerprint density at radius 3 is 2.38 bits per heavy atom. The maximum atomic E-state index is 13.1. The number of amides is 3. The van der Waals surface area contributed by atoms with Crippen molar-refractivity contribution in [1.29, 1.82) is 0 Å². The number of hydrogen-bond acceptors (Lipinski definition) is 3. The van der Waals surface area contributed by atoms with Gasteiger partial charge in [-0.2, -0.15) is 5.10 Å². The zero-order valence-electron chi connectivity index (χ0n) is 21.0. The zero-order chi connectivity index (χ0) is 24.9. The Kier molecular flexibility index (Phi) is 7.76. The van der Waals surface area contributed by atoms with Gasteiger partial charge < -0.3 is 15.5 Å². The fourth-order valence-corrected chi connectivity index (χ4v) is 3.58. The van der Waals surface area contributed by atoms with E-state index in [1.807, 2.05) is 75.4 Å². The number of carbonyl (C=O) groups is 2. The predicted molar refractivity (Wildman–Crippen MR) is 138 cm³/mol. The minimum atomic E-state index is -0.297. The summed E-state index contributed by atoms with van der Waals surface area (Å²) < 4.78 is 1.75. The summed E-state index contributed by atoms with van der Waals surface area (Å²) in [4.78, 5) is 27.5. The number of para-hydroxylation sites is 1. The van der Waals surface area contributed by atoms with Crippen LogP contribution < -0.4 is 10.6 Å². The van der Waals surface area contributed by atoms with Crippen LogP contribution in [-0.2, 0) is 10.2 Å². The topological polar surface area (TPSA) is 79.3 Å². The molecule has 0 aliphatic rings. The second kappa shape index (κ2) is 10.5. The smallest absolute Gasteiger partial charge is 0.315 e. The summed E-state index contributed by atoms with van der Waals surface area (Å²) in [5.74, 6) is 0.305. The quantitative estimate of drug-likeness (QED) is 0.476. The van der Waals surface area contributed by atoms with Gasteiger partial charge in [-0.15, -0.1) is 0 Å². The molecule has 34 heavy (non-hydrogen) atoms. The van der Waals surface area contributed by atoms with Gasteiger partial charge in [-0.05, 0) is 49.6 Å². The van der Waals surface area contributed by atoms with E-state index in [0.717, 1.165) is 34.6 Å². The molecule has 2 N–H and O–H groups in total. The Bertz CT molecular complexity index is 1160. The van der Waals surface area contributed by atoms with Crippen LogP contribution >= 0.6 is 0 Å². The van der Waals surface area contributed by atoms with E-state index in [4.69, 9.17) is 5.10 Å². The number of nitrogens with zero attached hydrogens (tertiary/aromatic N) is 3. The Hall–Kier alpha value is -3.61. The fraction of sp³-hybridized carbons (Fsp3) is 0.370. The molecule has 180 valence electrons. The SMILES string of the molecule is CCCN(CC(=O)Nc1cc(C(C)(C)C)nn1-c1cccc(C)c1)C(=O)Nc1ccccc1C. The normalized spacial score (nSPS) is 11.2. The standard InChI is InChI=1S/C27H35N5O2/c1-7-15-31(26(34)28-22-14-9-8-12-20(22)3)18-25(33)29-24-17-23(27(4,5)6)30-32(24)21-13-10-11-19(2)16-21/h8-14,16-17H,7,15,18H2,1-6H3,(H,28,34)(H,29,33). The Labute approximate surface area is 202 Å². The second-order valence-electron chi connectivity index (χ2n) is 9.63. The summed E-state index contributed by atoms with van der Waals surface area (Å²) in [6, 6.07) is 17.2. The highest BCUT2D eigenvalue weighted by molar-refractivity contribution is 5.97. The van der Waals surface area contributed by atoms with Crippen molar-refractivity contribution in [2.75, 3.05) is 23.7 Å². The van der Waals surface area contributed by atoms with E-state index in [1.165, 1.54) is 4.90 Å². The molecule has 3 amide bonds. The molecule has 0 saturated heterocycles. The number of aryl methyl sites for hydroxylation is 2. The van der Waals surface area contributed by atoms with Crippen LogP contribution in [-0.4, -0.2) is 39.7 Å². The fourth-order valence-electron chi connectivity index (χ4n) is 3.58. The van der Waals surface area contributed by atoms with E-state index in [-0.39, 0.29) is 23.9 Å². The number of aromatic nitrogens is 2. The number of anilines is 2. The molecular weight excluding hydrogens is 426 g/mol. The van der Waals surface area contributed by atoms with E-state index in [2.05, 4.69) is 31.4 Å².